The van der Waals surface area contributed by atoms with Crippen molar-refractivity contribution in [1.29, 1.82) is 0 Å². The number of tetrazole rings is 1. The second-order valence-corrected chi connectivity index (χ2v) is 8.28. The van der Waals surface area contributed by atoms with Crippen LogP contribution >= 0.6 is 0 Å². The van der Waals surface area contributed by atoms with Crippen LogP contribution in [0, 0.1) is 12.3 Å². The van der Waals surface area contributed by atoms with Crippen molar-refractivity contribution in [2.75, 3.05) is 0 Å². The van der Waals surface area contributed by atoms with Gasteiger partial charge in [-0.15, -0.1) is 17.4 Å². The topological polar surface area (TPSA) is 70.5 Å². The molecule has 3 aromatic carbocycles. The minimum atomic E-state index is -0.0334. The van der Waals surface area contributed by atoms with E-state index in [2.05, 4.69) is 45.7 Å². The monoisotopic (exact) mass is 460 g/mol. The predicted molar refractivity (Wildman–Crippen MR) is 135 cm³/mol. The second kappa shape index (κ2) is 10.1. The van der Waals surface area contributed by atoms with Gasteiger partial charge in [0.05, 0.1) is 18.8 Å². The van der Waals surface area contributed by atoms with Crippen molar-refractivity contribution in [1.82, 2.24) is 29.3 Å². The normalized spacial score (nSPS) is 10.8. The van der Waals surface area contributed by atoms with E-state index in [0.29, 0.717) is 25.9 Å². The summed E-state index contributed by atoms with van der Waals surface area (Å²) in [5, 5.41) is 11.5. The Labute approximate surface area is 203 Å². The molecule has 35 heavy (non-hydrogen) atoms. The molecule has 0 spiro atoms. The molecule has 0 saturated carbocycles. The Morgan fingerprint density at radius 2 is 1.60 bits per heavy atom. The number of benzene rings is 3. The number of para-hydroxylation sites is 1. The average molecular weight is 461 g/mol. The fourth-order valence-electron chi connectivity index (χ4n) is 4.21. The number of aromatic nitrogens is 6. The molecule has 0 atom stereocenters. The van der Waals surface area contributed by atoms with Crippen LogP contribution in [0.15, 0.2) is 96.2 Å². The van der Waals surface area contributed by atoms with Gasteiger partial charge in [-0.3, -0.25) is 9.13 Å². The van der Waals surface area contributed by atoms with Crippen LogP contribution in [0.25, 0.3) is 16.8 Å². The van der Waals surface area contributed by atoms with Crippen molar-refractivity contribution in [2.45, 2.75) is 25.9 Å². The van der Waals surface area contributed by atoms with Gasteiger partial charge in [-0.25, -0.2) is 4.79 Å². The molecule has 7 nitrogen and oxygen atoms in total. The maximum atomic E-state index is 13.3. The van der Waals surface area contributed by atoms with E-state index in [4.69, 9.17) is 6.42 Å². The molecule has 0 aliphatic carbocycles. The standard InChI is InChI=1S/C28H24N6O/c1-2-3-11-25-20-32(18-22-9-5-4-6-10-22)28(35)33(25)19-23-14-16-24(17-15-23)26-12-7-8-13-27(26)34-21-29-30-31-34/h1,4-10,12-17,20-21H,3,11,18-19H2. The summed E-state index contributed by atoms with van der Waals surface area (Å²) in [5.74, 6) is 2.69. The van der Waals surface area contributed by atoms with E-state index in [-0.39, 0.29) is 5.69 Å². The minimum Gasteiger partial charge on any atom is -0.295 e. The molecular weight excluding hydrogens is 436 g/mol. The highest BCUT2D eigenvalue weighted by atomic mass is 16.1. The number of terminal acetylenes is 1. The molecule has 0 radical (unpaired) electrons. The zero-order chi connectivity index (χ0) is 24.0. The van der Waals surface area contributed by atoms with Gasteiger partial charge in [-0.2, -0.15) is 4.68 Å². The number of rotatable bonds is 8. The molecule has 7 heteroatoms. The van der Waals surface area contributed by atoms with Crippen LogP contribution in [0.1, 0.15) is 23.2 Å². The Morgan fingerprint density at radius 3 is 2.34 bits per heavy atom. The third-order valence-electron chi connectivity index (χ3n) is 5.95. The van der Waals surface area contributed by atoms with E-state index in [1.54, 1.807) is 15.6 Å². The van der Waals surface area contributed by atoms with Crippen LogP contribution in [-0.2, 0) is 19.5 Å². The van der Waals surface area contributed by atoms with Crippen LogP contribution < -0.4 is 5.69 Å². The highest BCUT2D eigenvalue weighted by Crippen LogP contribution is 2.26. The highest BCUT2D eigenvalue weighted by Gasteiger charge is 2.13. The number of aryl methyl sites for hydroxylation is 1. The van der Waals surface area contributed by atoms with E-state index < -0.39 is 0 Å². The quantitative estimate of drug-likeness (QED) is 0.329. The van der Waals surface area contributed by atoms with Crippen molar-refractivity contribution >= 4 is 0 Å². The molecule has 0 bridgehead atoms. The molecule has 0 fully saturated rings. The minimum absolute atomic E-state index is 0.0334. The first-order valence-corrected chi connectivity index (χ1v) is 11.4. The maximum absolute atomic E-state index is 13.3. The molecule has 0 aliphatic rings. The number of nitrogens with zero attached hydrogens (tertiary/aromatic N) is 6. The number of hydrogen-bond donors (Lipinski definition) is 0. The average Bonchev–Trinajstić information content (AvgIpc) is 3.54. The van der Waals surface area contributed by atoms with Crippen molar-refractivity contribution < 1.29 is 0 Å². The lowest BCUT2D eigenvalue weighted by molar-refractivity contribution is 0.668. The van der Waals surface area contributed by atoms with Crippen LogP contribution in [0.5, 0.6) is 0 Å². The molecule has 172 valence electrons. The van der Waals surface area contributed by atoms with Gasteiger partial charge in [0, 0.05) is 30.3 Å². The van der Waals surface area contributed by atoms with Crippen LogP contribution in [0.2, 0.25) is 0 Å². The first-order chi connectivity index (χ1) is 17.2. The molecule has 5 aromatic rings. The summed E-state index contributed by atoms with van der Waals surface area (Å²) in [5.41, 5.74) is 5.99. The summed E-state index contributed by atoms with van der Waals surface area (Å²) in [6.45, 7) is 1.01. The summed E-state index contributed by atoms with van der Waals surface area (Å²) in [7, 11) is 0. The Morgan fingerprint density at radius 1 is 0.857 bits per heavy atom. The smallest absolute Gasteiger partial charge is 0.295 e. The summed E-state index contributed by atoms with van der Waals surface area (Å²) >= 11 is 0. The first-order valence-electron chi connectivity index (χ1n) is 11.4. The lowest BCUT2D eigenvalue weighted by Crippen LogP contribution is -2.26. The highest BCUT2D eigenvalue weighted by molar-refractivity contribution is 5.72. The largest absolute Gasteiger partial charge is 0.328 e. The van der Waals surface area contributed by atoms with Crippen molar-refractivity contribution in [2.24, 2.45) is 0 Å². The Bertz CT molecular complexity index is 1510. The molecule has 0 N–H and O–H groups in total. The van der Waals surface area contributed by atoms with Crippen LogP contribution in [-0.4, -0.2) is 29.3 Å². The van der Waals surface area contributed by atoms with E-state index in [1.807, 2.05) is 65.4 Å². The predicted octanol–water partition coefficient (Wildman–Crippen LogP) is 3.95. The summed E-state index contributed by atoms with van der Waals surface area (Å²) in [6.07, 6.45) is 10.3. The van der Waals surface area contributed by atoms with Gasteiger partial charge in [0.15, 0.2) is 0 Å². The molecule has 0 saturated heterocycles. The Hall–Kier alpha value is -4.70. The van der Waals surface area contributed by atoms with Gasteiger partial charge in [-0.05, 0) is 33.2 Å². The summed E-state index contributed by atoms with van der Waals surface area (Å²) in [6, 6.07) is 26.2. The fraction of sp³-hybridized carbons (Fsp3) is 0.143. The zero-order valence-electron chi connectivity index (χ0n) is 19.2. The summed E-state index contributed by atoms with van der Waals surface area (Å²) < 4.78 is 5.23. The third kappa shape index (κ3) is 4.82. The first kappa shape index (κ1) is 22.1. The lowest BCUT2D eigenvalue weighted by Gasteiger charge is -2.10. The SMILES string of the molecule is C#CCCc1cn(Cc2ccccc2)c(=O)n1Cc1ccc(-c2ccccc2-n2cnnn2)cc1. The van der Waals surface area contributed by atoms with Crippen molar-refractivity contribution in [3.63, 3.8) is 0 Å². The zero-order valence-corrected chi connectivity index (χ0v) is 19.2. The molecule has 0 amide bonds. The third-order valence-corrected chi connectivity index (χ3v) is 5.95. The Balaban J connectivity index is 1.43. The molecule has 2 heterocycles. The van der Waals surface area contributed by atoms with Crippen LogP contribution in [0.3, 0.4) is 0 Å². The van der Waals surface area contributed by atoms with Crippen molar-refractivity contribution in [3.05, 3.63) is 119 Å². The van der Waals surface area contributed by atoms with Gasteiger partial charge in [0.25, 0.3) is 0 Å². The molecule has 0 unspecified atom stereocenters. The van der Waals surface area contributed by atoms with Gasteiger partial charge < -0.3 is 0 Å². The maximum Gasteiger partial charge on any atom is 0.328 e. The van der Waals surface area contributed by atoms with Gasteiger partial charge in [-0.1, -0.05) is 72.8 Å². The Kier molecular flexibility index (Phi) is 6.35. The summed E-state index contributed by atoms with van der Waals surface area (Å²) in [4.78, 5) is 13.3. The molecule has 0 aliphatic heterocycles. The lowest BCUT2D eigenvalue weighted by atomic mass is 10.0. The molecule has 5 rings (SSSR count). The van der Waals surface area contributed by atoms with Crippen LogP contribution in [0.4, 0.5) is 0 Å². The number of imidazole rings is 1. The second-order valence-electron chi connectivity index (χ2n) is 8.28. The van der Waals surface area contributed by atoms with Gasteiger partial charge in [0.1, 0.15) is 6.33 Å². The molecular formula is C28H24N6O. The van der Waals surface area contributed by atoms with E-state index in [9.17, 15) is 4.79 Å². The van der Waals surface area contributed by atoms with Gasteiger partial charge >= 0.3 is 5.69 Å². The fourth-order valence-corrected chi connectivity index (χ4v) is 4.21. The molecule has 2 aromatic heterocycles. The van der Waals surface area contributed by atoms with E-state index in [1.165, 1.54) is 0 Å². The van der Waals surface area contributed by atoms with Gasteiger partial charge in [0.2, 0.25) is 0 Å². The van der Waals surface area contributed by atoms with E-state index in [0.717, 1.165) is 33.6 Å². The van der Waals surface area contributed by atoms with Crippen molar-refractivity contribution in [3.8, 4) is 29.2 Å². The van der Waals surface area contributed by atoms with E-state index >= 15 is 0 Å². The number of hydrogen-bond acceptors (Lipinski definition) is 4.